The van der Waals surface area contributed by atoms with Crippen LogP contribution in [0.15, 0.2) is 48.5 Å². The maximum absolute atomic E-state index is 12.8. The second-order valence-corrected chi connectivity index (χ2v) is 4.40. The summed E-state index contributed by atoms with van der Waals surface area (Å²) in [6, 6.07) is 11.0. The SMILES string of the molecule is OB(O)c1ccc(COc2ccccc2C(F)(F)F)cc1. The van der Waals surface area contributed by atoms with E-state index in [-0.39, 0.29) is 12.4 Å². The molecule has 0 atom stereocenters. The number of halogens is 3. The normalized spacial score (nSPS) is 11.3. The lowest BCUT2D eigenvalue weighted by Gasteiger charge is -2.13. The highest BCUT2D eigenvalue weighted by atomic mass is 19.4. The number of para-hydroxylation sites is 1. The Kier molecular flexibility index (Phi) is 4.54. The molecule has 0 aliphatic heterocycles. The van der Waals surface area contributed by atoms with Crippen LogP contribution in [0.25, 0.3) is 0 Å². The van der Waals surface area contributed by atoms with Gasteiger partial charge in [-0.1, -0.05) is 36.4 Å². The summed E-state index contributed by atoms with van der Waals surface area (Å²) in [6.45, 7) is -0.0467. The van der Waals surface area contributed by atoms with Gasteiger partial charge in [0.15, 0.2) is 0 Å². The molecule has 2 rings (SSSR count). The van der Waals surface area contributed by atoms with Gasteiger partial charge in [-0.3, -0.25) is 0 Å². The highest BCUT2D eigenvalue weighted by Gasteiger charge is 2.33. The fourth-order valence-electron chi connectivity index (χ4n) is 1.77. The summed E-state index contributed by atoms with van der Waals surface area (Å²) in [6.07, 6.45) is -4.47. The van der Waals surface area contributed by atoms with E-state index in [1.165, 1.54) is 30.3 Å². The molecule has 21 heavy (non-hydrogen) atoms. The highest BCUT2D eigenvalue weighted by Crippen LogP contribution is 2.36. The third-order valence-corrected chi connectivity index (χ3v) is 2.86. The predicted octanol–water partition coefficient (Wildman–Crippen LogP) is 1.96. The number of hydrogen-bond acceptors (Lipinski definition) is 3. The van der Waals surface area contributed by atoms with Gasteiger partial charge in [-0.2, -0.15) is 13.2 Å². The zero-order valence-corrected chi connectivity index (χ0v) is 10.8. The zero-order valence-electron chi connectivity index (χ0n) is 10.8. The first-order valence-electron chi connectivity index (χ1n) is 6.12. The van der Waals surface area contributed by atoms with Crippen molar-refractivity contribution in [1.82, 2.24) is 0 Å². The number of benzene rings is 2. The molecule has 3 nitrogen and oxygen atoms in total. The lowest BCUT2D eigenvalue weighted by molar-refractivity contribution is -0.139. The first-order chi connectivity index (χ1) is 9.88. The molecule has 0 bridgehead atoms. The molecule has 2 aromatic carbocycles. The number of rotatable bonds is 4. The lowest BCUT2D eigenvalue weighted by atomic mass is 9.80. The Morgan fingerprint density at radius 1 is 0.952 bits per heavy atom. The first-order valence-corrected chi connectivity index (χ1v) is 6.12. The van der Waals surface area contributed by atoms with Gasteiger partial charge in [-0.15, -0.1) is 0 Å². The van der Waals surface area contributed by atoms with Crippen molar-refractivity contribution in [2.24, 2.45) is 0 Å². The van der Waals surface area contributed by atoms with E-state index in [1.54, 1.807) is 12.1 Å². The van der Waals surface area contributed by atoms with E-state index < -0.39 is 18.9 Å². The number of ether oxygens (including phenoxy) is 1. The molecule has 0 heterocycles. The Balaban J connectivity index is 2.10. The fourth-order valence-corrected chi connectivity index (χ4v) is 1.77. The molecule has 0 aromatic heterocycles. The molecule has 0 aliphatic carbocycles. The summed E-state index contributed by atoms with van der Waals surface area (Å²) in [4.78, 5) is 0. The maximum atomic E-state index is 12.8. The molecule has 0 amide bonds. The molecule has 0 saturated carbocycles. The summed E-state index contributed by atoms with van der Waals surface area (Å²) < 4.78 is 43.5. The standard InChI is InChI=1S/C14H12BF3O3/c16-14(17,18)12-3-1-2-4-13(12)21-9-10-5-7-11(8-6-10)15(19)20/h1-8,19-20H,9H2. The quantitative estimate of drug-likeness (QED) is 0.848. The van der Waals surface area contributed by atoms with E-state index >= 15 is 0 Å². The van der Waals surface area contributed by atoms with Crippen LogP contribution in [0, 0.1) is 0 Å². The van der Waals surface area contributed by atoms with Crippen molar-refractivity contribution in [2.45, 2.75) is 12.8 Å². The summed E-state index contributed by atoms with van der Waals surface area (Å²) in [7, 11) is -1.58. The molecule has 0 unspecified atom stereocenters. The summed E-state index contributed by atoms with van der Waals surface area (Å²) in [5.41, 5.74) is 0.0956. The molecule has 110 valence electrons. The number of alkyl halides is 3. The van der Waals surface area contributed by atoms with Crippen LogP contribution in [0.5, 0.6) is 5.75 Å². The van der Waals surface area contributed by atoms with Crippen molar-refractivity contribution in [3.05, 3.63) is 59.7 Å². The third-order valence-electron chi connectivity index (χ3n) is 2.86. The molecular formula is C14H12BF3O3. The molecular weight excluding hydrogens is 284 g/mol. The Bertz CT molecular complexity index is 597. The molecule has 0 radical (unpaired) electrons. The van der Waals surface area contributed by atoms with Crippen LogP contribution >= 0.6 is 0 Å². The van der Waals surface area contributed by atoms with E-state index in [0.29, 0.717) is 11.0 Å². The minimum atomic E-state index is -4.47. The molecule has 0 spiro atoms. The van der Waals surface area contributed by atoms with Gasteiger partial charge in [0.05, 0.1) is 5.56 Å². The van der Waals surface area contributed by atoms with Crippen LogP contribution in [-0.4, -0.2) is 17.2 Å². The largest absolute Gasteiger partial charge is 0.488 e. The van der Waals surface area contributed by atoms with Crippen LogP contribution in [0.2, 0.25) is 0 Å². The van der Waals surface area contributed by atoms with Gasteiger partial charge in [-0.25, -0.2) is 0 Å². The summed E-state index contributed by atoms with van der Waals surface area (Å²) in [5.74, 6) is -0.240. The Morgan fingerprint density at radius 2 is 1.57 bits per heavy atom. The van der Waals surface area contributed by atoms with Gasteiger partial charge < -0.3 is 14.8 Å². The van der Waals surface area contributed by atoms with Crippen molar-refractivity contribution >= 4 is 12.6 Å². The molecule has 0 fully saturated rings. The topological polar surface area (TPSA) is 49.7 Å². The molecule has 2 N–H and O–H groups in total. The molecule has 2 aromatic rings. The Morgan fingerprint density at radius 3 is 2.14 bits per heavy atom. The Labute approximate surface area is 119 Å². The number of hydrogen-bond donors (Lipinski definition) is 2. The first kappa shape index (κ1) is 15.4. The monoisotopic (exact) mass is 296 g/mol. The van der Waals surface area contributed by atoms with Crippen molar-refractivity contribution < 1.29 is 28.0 Å². The molecule has 0 aliphatic rings. The minimum Gasteiger partial charge on any atom is -0.488 e. The minimum absolute atomic E-state index is 0.0467. The fraction of sp³-hybridized carbons (Fsp3) is 0.143. The summed E-state index contributed by atoms with van der Waals surface area (Å²) in [5, 5.41) is 17.9. The van der Waals surface area contributed by atoms with Gasteiger partial charge >= 0.3 is 13.3 Å². The summed E-state index contributed by atoms with van der Waals surface area (Å²) >= 11 is 0. The Hall–Kier alpha value is -1.99. The second-order valence-electron chi connectivity index (χ2n) is 4.40. The van der Waals surface area contributed by atoms with E-state index in [1.807, 2.05) is 0 Å². The molecule has 7 heteroatoms. The average Bonchev–Trinajstić information content (AvgIpc) is 2.45. The smallest absolute Gasteiger partial charge is 0.488 e. The zero-order chi connectivity index (χ0) is 15.5. The highest BCUT2D eigenvalue weighted by molar-refractivity contribution is 6.58. The van der Waals surface area contributed by atoms with E-state index in [2.05, 4.69) is 0 Å². The van der Waals surface area contributed by atoms with Crippen molar-refractivity contribution in [3.8, 4) is 5.75 Å². The van der Waals surface area contributed by atoms with Crippen molar-refractivity contribution in [1.29, 1.82) is 0 Å². The van der Waals surface area contributed by atoms with Crippen molar-refractivity contribution in [3.63, 3.8) is 0 Å². The third kappa shape index (κ3) is 3.99. The van der Waals surface area contributed by atoms with Crippen LogP contribution in [0.4, 0.5) is 13.2 Å². The van der Waals surface area contributed by atoms with Crippen LogP contribution in [-0.2, 0) is 12.8 Å². The van der Waals surface area contributed by atoms with Gasteiger partial charge in [0.2, 0.25) is 0 Å². The predicted molar refractivity (Wildman–Crippen MR) is 72.0 cm³/mol. The van der Waals surface area contributed by atoms with Gasteiger partial charge in [0.1, 0.15) is 12.4 Å². The van der Waals surface area contributed by atoms with Gasteiger partial charge in [0.25, 0.3) is 0 Å². The van der Waals surface area contributed by atoms with Gasteiger partial charge in [-0.05, 0) is 23.2 Å². The van der Waals surface area contributed by atoms with Crippen LogP contribution in [0.3, 0.4) is 0 Å². The maximum Gasteiger partial charge on any atom is 0.488 e. The lowest BCUT2D eigenvalue weighted by Crippen LogP contribution is -2.29. The van der Waals surface area contributed by atoms with E-state index in [9.17, 15) is 13.2 Å². The van der Waals surface area contributed by atoms with Gasteiger partial charge in [0, 0.05) is 0 Å². The molecule has 0 saturated heterocycles. The second kappa shape index (κ2) is 6.20. The average molecular weight is 296 g/mol. The van der Waals surface area contributed by atoms with E-state index in [0.717, 1.165) is 6.07 Å². The van der Waals surface area contributed by atoms with Crippen LogP contribution < -0.4 is 10.2 Å². The van der Waals surface area contributed by atoms with Crippen LogP contribution in [0.1, 0.15) is 11.1 Å². The van der Waals surface area contributed by atoms with E-state index in [4.69, 9.17) is 14.8 Å². The van der Waals surface area contributed by atoms with Crippen molar-refractivity contribution in [2.75, 3.05) is 0 Å².